The van der Waals surface area contributed by atoms with Crippen molar-refractivity contribution in [1.29, 1.82) is 0 Å². The molecule has 6 heteroatoms. The van der Waals surface area contributed by atoms with Gasteiger partial charge in [-0.15, -0.1) is 0 Å². The highest BCUT2D eigenvalue weighted by Crippen LogP contribution is 2.38. The molecule has 0 fully saturated rings. The maximum atomic E-state index is 11.2. The van der Waals surface area contributed by atoms with Crippen LogP contribution in [0.3, 0.4) is 0 Å². The van der Waals surface area contributed by atoms with Crippen molar-refractivity contribution in [3.05, 3.63) is 28.8 Å². The Balaban J connectivity index is 2.64. The van der Waals surface area contributed by atoms with E-state index < -0.39 is 17.5 Å². The summed E-state index contributed by atoms with van der Waals surface area (Å²) in [6, 6.07) is 2.86. The average molecular weight is 251 g/mol. The molecule has 1 atom stereocenters. The van der Waals surface area contributed by atoms with E-state index in [1.54, 1.807) is 6.07 Å². The number of nitrogens with two attached hydrogens (primary N) is 1. The third-order valence-corrected chi connectivity index (χ3v) is 3.31. The van der Waals surface area contributed by atoms with Crippen LogP contribution in [0.15, 0.2) is 12.1 Å². The molecule has 0 spiro atoms. The van der Waals surface area contributed by atoms with Gasteiger partial charge < -0.3 is 20.7 Å². The number of aromatic carboxylic acids is 1. The molecule has 0 aromatic heterocycles. The second kappa shape index (κ2) is 3.99. The summed E-state index contributed by atoms with van der Waals surface area (Å²) in [6.45, 7) is 0. The fraction of sp³-hybridized carbons (Fsp3) is 0.333. The summed E-state index contributed by atoms with van der Waals surface area (Å²) in [6.07, 6.45) is 0.748. The Labute approximate surface area is 103 Å². The lowest BCUT2D eigenvalue weighted by molar-refractivity contribution is -0.143. The van der Waals surface area contributed by atoms with Crippen molar-refractivity contribution in [2.24, 2.45) is 5.73 Å². The first-order chi connectivity index (χ1) is 8.40. The van der Waals surface area contributed by atoms with Crippen LogP contribution in [-0.4, -0.2) is 29.3 Å². The van der Waals surface area contributed by atoms with E-state index in [1.807, 2.05) is 0 Å². The van der Waals surface area contributed by atoms with Crippen molar-refractivity contribution in [2.45, 2.75) is 18.4 Å². The third kappa shape index (κ3) is 1.62. The van der Waals surface area contributed by atoms with Crippen LogP contribution in [0.2, 0.25) is 0 Å². The smallest absolute Gasteiger partial charge is 0.339 e. The van der Waals surface area contributed by atoms with Crippen LogP contribution in [0.4, 0.5) is 0 Å². The lowest BCUT2D eigenvalue weighted by atomic mass is 9.91. The molecule has 0 saturated carbocycles. The normalized spacial score (nSPS) is 21.4. The van der Waals surface area contributed by atoms with E-state index in [0.717, 1.165) is 5.56 Å². The van der Waals surface area contributed by atoms with Gasteiger partial charge in [-0.3, -0.25) is 0 Å². The van der Waals surface area contributed by atoms with E-state index in [0.29, 0.717) is 12.0 Å². The number of ether oxygens (including phenoxy) is 1. The van der Waals surface area contributed by atoms with E-state index in [4.69, 9.17) is 15.6 Å². The number of fused-ring (bicyclic) bond motifs is 1. The van der Waals surface area contributed by atoms with Crippen molar-refractivity contribution < 1.29 is 24.5 Å². The van der Waals surface area contributed by atoms with E-state index in [-0.39, 0.29) is 17.7 Å². The number of hydrogen-bond donors (Lipinski definition) is 3. The van der Waals surface area contributed by atoms with E-state index in [9.17, 15) is 14.7 Å². The monoisotopic (exact) mass is 251 g/mol. The van der Waals surface area contributed by atoms with Crippen LogP contribution >= 0.6 is 0 Å². The number of aryl methyl sites for hydroxylation is 1. The van der Waals surface area contributed by atoms with Crippen molar-refractivity contribution in [2.75, 3.05) is 7.11 Å². The summed E-state index contributed by atoms with van der Waals surface area (Å²) in [7, 11) is 1.37. The lowest BCUT2D eigenvalue weighted by Crippen LogP contribution is -2.42. The minimum absolute atomic E-state index is 0.0748. The zero-order chi connectivity index (χ0) is 13.5. The van der Waals surface area contributed by atoms with Crippen LogP contribution in [0.1, 0.15) is 27.9 Å². The van der Waals surface area contributed by atoms with Crippen LogP contribution in [0.5, 0.6) is 5.75 Å². The molecule has 0 heterocycles. The van der Waals surface area contributed by atoms with Crippen molar-refractivity contribution >= 4 is 11.9 Å². The van der Waals surface area contributed by atoms with Gasteiger partial charge in [-0.1, -0.05) is 0 Å². The van der Waals surface area contributed by atoms with Gasteiger partial charge in [0, 0.05) is 0 Å². The standard InChI is InChI=1S/C12H13NO5/c1-18-9-4-6-2-3-12(13,11(16)17)8(6)5-7(9)10(14)15/h4-5H,2-3,13H2,1H3,(H,14,15)(H,16,17). The summed E-state index contributed by atoms with van der Waals surface area (Å²) >= 11 is 0. The molecule has 1 aliphatic carbocycles. The van der Waals surface area contributed by atoms with Crippen molar-refractivity contribution in [1.82, 2.24) is 0 Å². The van der Waals surface area contributed by atoms with Crippen LogP contribution in [-0.2, 0) is 16.8 Å². The molecule has 1 unspecified atom stereocenters. The Morgan fingerprint density at radius 2 is 2.06 bits per heavy atom. The van der Waals surface area contributed by atoms with E-state index in [1.165, 1.54) is 13.2 Å². The molecule has 0 aliphatic heterocycles. The number of rotatable bonds is 3. The number of aliphatic carboxylic acids is 1. The van der Waals surface area contributed by atoms with E-state index >= 15 is 0 Å². The highest BCUT2D eigenvalue weighted by atomic mass is 16.5. The number of methoxy groups -OCH3 is 1. The Morgan fingerprint density at radius 3 is 2.56 bits per heavy atom. The quantitative estimate of drug-likeness (QED) is 0.724. The predicted octanol–water partition coefficient (Wildman–Crippen LogP) is 0.578. The number of carboxylic acids is 2. The van der Waals surface area contributed by atoms with Gasteiger partial charge in [0.2, 0.25) is 0 Å². The second-order valence-corrected chi connectivity index (χ2v) is 4.29. The summed E-state index contributed by atoms with van der Waals surface area (Å²) in [5.41, 5.74) is 5.34. The minimum atomic E-state index is -1.51. The summed E-state index contributed by atoms with van der Waals surface area (Å²) in [5.74, 6) is -2.10. The highest BCUT2D eigenvalue weighted by molar-refractivity contribution is 5.93. The molecule has 0 bridgehead atoms. The van der Waals surface area contributed by atoms with Gasteiger partial charge in [0.05, 0.1) is 7.11 Å². The summed E-state index contributed by atoms with van der Waals surface area (Å²) < 4.78 is 4.99. The molecule has 4 N–H and O–H groups in total. The Hall–Kier alpha value is -2.08. The maximum Gasteiger partial charge on any atom is 0.339 e. The molecular weight excluding hydrogens is 238 g/mol. The molecule has 2 rings (SSSR count). The van der Waals surface area contributed by atoms with Crippen molar-refractivity contribution in [3.63, 3.8) is 0 Å². The van der Waals surface area contributed by atoms with Crippen LogP contribution in [0.25, 0.3) is 0 Å². The Morgan fingerprint density at radius 1 is 1.39 bits per heavy atom. The van der Waals surface area contributed by atoms with Crippen LogP contribution in [0, 0.1) is 0 Å². The molecule has 6 nitrogen and oxygen atoms in total. The molecule has 96 valence electrons. The van der Waals surface area contributed by atoms with Gasteiger partial charge in [0.1, 0.15) is 16.9 Å². The highest BCUT2D eigenvalue weighted by Gasteiger charge is 2.43. The first kappa shape index (κ1) is 12.4. The Bertz CT molecular complexity index is 540. The SMILES string of the molecule is COc1cc2c(cc1C(=O)O)C(N)(C(=O)O)CC2. The molecule has 1 aliphatic rings. The van der Waals surface area contributed by atoms with Crippen LogP contribution < -0.4 is 10.5 Å². The summed E-state index contributed by atoms with van der Waals surface area (Å²) in [5, 5.41) is 18.2. The largest absolute Gasteiger partial charge is 0.496 e. The molecule has 18 heavy (non-hydrogen) atoms. The van der Waals surface area contributed by atoms with E-state index in [2.05, 4.69) is 0 Å². The minimum Gasteiger partial charge on any atom is -0.496 e. The van der Waals surface area contributed by atoms with Gasteiger partial charge in [0.25, 0.3) is 0 Å². The zero-order valence-electron chi connectivity index (χ0n) is 9.77. The van der Waals surface area contributed by atoms with Crippen molar-refractivity contribution in [3.8, 4) is 5.75 Å². The molecule has 0 radical (unpaired) electrons. The number of hydrogen-bond acceptors (Lipinski definition) is 4. The average Bonchev–Trinajstić information content (AvgIpc) is 2.66. The maximum absolute atomic E-state index is 11.2. The Kier molecular flexibility index (Phi) is 2.74. The number of carbonyl (C=O) groups is 2. The topological polar surface area (TPSA) is 110 Å². The van der Waals surface area contributed by atoms with Gasteiger partial charge in [-0.25, -0.2) is 9.59 Å². The first-order valence-corrected chi connectivity index (χ1v) is 5.37. The van der Waals surface area contributed by atoms with Gasteiger partial charge in [-0.05, 0) is 36.1 Å². The molecular formula is C12H13NO5. The molecule has 1 aromatic rings. The predicted molar refractivity (Wildman–Crippen MR) is 61.8 cm³/mol. The number of benzene rings is 1. The third-order valence-electron chi connectivity index (χ3n) is 3.31. The lowest BCUT2D eigenvalue weighted by Gasteiger charge is -2.20. The molecule has 0 saturated heterocycles. The second-order valence-electron chi connectivity index (χ2n) is 4.29. The van der Waals surface area contributed by atoms with Gasteiger partial charge in [0.15, 0.2) is 0 Å². The fourth-order valence-electron chi connectivity index (χ4n) is 2.27. The fourth-order valence-corrected chi connectivity index (χ4v) is 2.27. The van der Waals surface area contributed by atoms with Gasteiger partial charge >= 0.3 is 11.9 Å². The first-order valence-electron chi connectivity index (χ1n) is 5.37. The zero-order valence-corrected chi connectivity index (χ0v) is 9.77. The molecule has 0 amide bonds. The summed E-state index contributed by atoms with van der Waals surface area (Å²) in [4.78, 5) is 22.3. The van der Waals surface area contributed by atoms with Gasteiger partial charge in [-0.2, -0.15) is 0 Å². The molecule has 1 aromatic carbocycles. The number of carboxylic acid groups (broad SMARTS) is 2.